The average molecular weight is 399 g/mol. The molecule has 29 heavy (non-hydrogen) atoms. The van der Waals surface area contributed by atoms with E-state index < -0.39 is 4.92 Å². The largest absolute Gasteiger partial charge is 0.378 e. The minimum absolute atomic E-state index is 0.0906. The summed E-state index contributed by atoms with van der Waals surface area (Å²) in [4.78, 5) is 21.1. The second kappa shape index (κ2) is 9.65. The standard InChI is InChI=1S/C21H30N6O2/c1-15-2-4-16(5-3-15)10-11-26(14-18-8-6-17(12-22)7-9-18)21-24-13-19(27(28)29)20(23)25-21/h2-5,13,17-18H,6-12,14,22H2,1H3,(H2,23,24,25). The van der Waals surface area contributed by atoms with E-state index in [1.165, 1.54) is 17.3 Å². The summed E-state index contributed by atoms with van der Waals surface area (Å²) >= 11 is 0. The van der Waals surface area contributed by atoms with Crippen LogP contribution in [-0.2, 0) is 6.42 Å². The Balaban J connectivity index is 1.74. The topological polar surface area (TPSA) is 124 Å². The Hall–Kier alpha value is -2.74. The second-order valence-electron chi connectivity index (χ2n) is 8.00. The van der Waals surface area contributed by atoms with E-state index in [9.17, 15) is 10.1 Å². The molecular weight excluding hydrogens is 368 g/mol. The number of nitro groups is 1. The van der Waals surface area contributed by atoms with E-state index in [1.807, 2.05) is 0 Å². The normalized spacial score (nSPS) is 19.1. The van der Waals surface area contributed by atoms with Crippen molar-refractivity contribution in [3.05, 3.63) is 51.7 Å². The van der Waals surface area contributed by atoms with E-state index in [4.69, 9.17) is 11.5 Å². The Morgan fingerprint density at radius 2 is 1.83 bits per heavy atom. The number of rotatable bonds is 8. The monoisotopic (exact) mass is 398 g/mol. The number of hydrogen-bond acceptors (Lipinski definition) is 7. The third-order valence-corrected chi connectivity index (χ3v) is 5.83. The smallest absolute Gasteiger partial charge is 0.329 e. The van der Waals surface area contributed by atoms with Crippen molar-refractivity contribution in [2.24, 2.45) is 17.6 Å². The highest BCUT2D eigenvalue weighted by Crippen LogP contribution is 2.30. The summed E-state index contributed by atoms with van der Waals surface area (Å²) in [6, 6.07) is 8.47. The van der Waals surface area contributed by atoms with Gasteiger partial charge in [-0.15, -0.1) is 0 Å². The first-order chi connectivity index (χ1) is 14.0. The van der Waals surface area contributed by atoms with Crippen LogP contribution >= 0.6 is 0 Å². The number of nitrogen functional groups attached to an aromatic ring is 1. The van der Waals surface area contributed by atoms with Crippen LogP contribution in [0.15, 0.2) is 30.5 Å². The minimum atomic E-state index is -0.552. The van der Waals surface area contributed by atoms with E-state index in [1.54, 1.807) is 0 Å². The van der Waals surface area contributed by atoms with Gasteiger partial charge in [-0.05, 0) is 63.0 Å². The maximum Gasteiger partial charge on any atom is 0.329 e. The van der Waals surface area contributed by atoms with E-state index in [0.717, 1.165) is 51.7 Å². The molecule has 2 aromatic rings. The molecule has 0 spiro atoms. The van der Waals surface area contributed by atoms with Gasteiger partial charge in [-0.1, -0.05) is 29.8 Å². The van der Waals surface area contributed by atoms with Crippen LogP contribution in [0.2, 0.25) is 0 Å². The van der Waals surface area contributed by atoms with Gasteiger partial charge in [0.05, 0.1) is 4.92 Å². The first-order valence-corrected chi connectivity index (χ1v) is 10.2. The molecule has 0 saturated heterocycles. The molecule has 8 nitrogen and oxygen atoms in total. The van der Waals surface area contributed by atoms with Crippen LogP contribution in [-0.4, -0.2) is 34.5 Å². The number of nitrogens with two attached hydrogens (primary N) is 2. The Morgan fingerprint density at radius 3 is 2.41 bits per heavy atom. The molecule has 1 fully saturated rings. The fourth-order valence-electron chi connectivity index (χ4n) is 3.93. The lowest BCUT2D eigenvalue weighted by molar-refractivity contribution is -0.384. The molecule has 1 heterocycles. The molecule has 0 radical (unpaired) electrons. The van der Waals surface area contributed by atoms with Gasteiger partial charge >= 0.3 is 5.69 Å². The van der Waals surface area contributed by atoms with Gasteiger partial charge in [0.1, 0.15) is 6.20 Å². The molecule has 4 N–H and O–H groups in total. The molecule has 0 bridgehead atoms. The third kappa shape index (κ3) is 5.63. The van der Waals surface area contributed by atoms with Crippen LogP contribution in [0.1, 0.15) is 36.8 Å². The Labute approximate surface area is 171 Å². The number of benzene rings is 1. The van der Waals surface area contributed by atoms with Gasteiger partial charge in [0.2, 0.25) is 11.8 Å². The van der Waals surface area contributed by atoms with Crippen LogP contribution in [0.4, 0.5) is 17.5 Å². The number of anilines is 2. The first-order valence-electron chi connectivity index (χ1n) is 10.2. The molecule has 1 aliphatic rings. The van der Waals surface area contributed by atoms with Crippen molar-refractivity contribution in [1.82, 2.24) is 9.97 Å². The van der Waals surface area contributed by atoms with Crippen LogP contribution in [0.25, 0.3) is 0 Å². The zero-order valence-corrected chi connectivity index (χ0v) is 17.0. The van der Waals surface area contributed by atoms with Gasteiger partial charge < -0.3 is 16.4 Å². The van der Waals surface area contributed by atoms with Gasteiger partial charge in [-0.3, -0.25) is 10.1 Å². The molecule has 0 atom stereocenters. The highest BCUT2D eigenvalue weighted by atomic mass is 16.6. The summed E-state index contributed by atoms with van der Waals surface area (Å²) in [6.45, 7) is 4.38. The average Bonchev–Trinajstić information content (AvgIpc) is 2.72. The lowest BCUT2D eigenvalue weighted by Crippen LogP contribution is -2.35. The van der Waals surface area contributed by atoms with Crippen LogP contribution in [0, 0.1) is 28.9 Å². The molecule has 1 aromatic heterocycles. The summed E-state index contributed by atoms with van der Waals surface area (Å²) in [5.41, 5.74) is 13.9. The van der Waals surface area contributed by atoms with Gasteiger partial charge in [-0.25, -0.2) is 4.98 Å². The molecule has 0 amide bonds. The summed E-state index contributed by atoms with van der Waals surface area (Å²) in [6.07, 6.45) is 6.61. The van der Waals surface area contributed by atoms with Crippen molar-refractivity contribution in [2.75, 3.05) is 30.3 Å². The Kier molecular flexibility index (Phi) is 6.98. The van der Waals surface area contributed by atoms with Gasteiger partial charge in [-0.2, -0.15) is 4.98 Å². The Morgan fingerprint density at radius 1 is 1.17 bits per heavy atom. The predicted octanol–water partition coefficient (Wildman–Crippen LogP) is 3.09. The highest BCUT2D eigenvalue weighted by molar-refractivity contribution is 5.53. The van der Waals surface area contributed by atoms with Crippen molar-refractivity contribution in [3.8, 4) is 0 Å². The maximum atomic E-state index is 11.0. The van der Waals surface area contributed by atoms with Crippen LogP contribution in [0.3, 0.4) is 0 Å². The number of nitrogens with zero attached hydrogens (tertiary/aromatic N) is 4. The third-order valence-electron chi connectivity index (χ3n) is 5.83. The molecular formula is C21H30N6O2. The quantitative estimate of drug-likeness (QED) is 0.517. The molecule has 1 aromatic carbocycles. The number of aromatic nitrogens is 2. The van der Waals surface area contributed by atoms with E-state index >= 15 is 0 Å². The summed E-state index contributed by atoms with van der Waals surface area (Å²) in [5, 5.41) is 11.0. The molecule has 8 heteroatoms. The first kappa shape index (κ1) is 21.0. The fraction of sp³-hybridized carbons (Fsp3) is 0.524. The van der Waals surface area contributed by atoms with Crippen molar-refractivity contribution in [3.63, 3.8) is 0 Å². The second-order valence-corrected chi connectivity index (χ2v) is 8.00. The van der Waals surface area contributed by atoms with Gasteiger partial charge in [0.25, 0.3) is 0 Å². The van der Waals surface area contributed by atoms with Crippen molar-refractivity contribution in [1.29, 1.82) is 0 Å². The zero-order valence-electron chi connectivity index (χ0n) is 17.0. The predicted molar refractivity (Wildman–Crippen MR) is 115 cm³/mol. The van der Waals surface area contributed by atoms with E-state index in [-0.39, 0.29) is 11.5 Å². The van der Waals surface area contributed by atoms with Gasteiger partial charge in [0.15, 0.2) is 0 Å². The molecule has 0 unspecified atom stereocenters. The van der Waals surface area contributed by atoms with Crippen LogP contribution in [0.5, 0.6) is 0 Å². The van der Waals surface area contributed by atoms with Gasteiger partial charge in [0, 0.05) is 13.1 Å². The summed E-state index contributed by atoms with van der Waals surface area (Å²) in [7, 11) is 0. The highest BCUT2D eigenvalue weighted by Gasteiger charge is 2.24. The van der Waals surface area contributed by atoms with E-state index in [0.29, 0.717) is 17.8 Å². The summed E-state index contributed by atoms with van der Waals surface area (Å²) in [5.74, 6) is 1.53. The maximum absolute atomic E-state index is 11.0. The van der Waals surface area contributed by atoms with Crippen molar-refractivity contribution in [2.45, 2.75) is 39.0 Å². The summed E-state index contributed by atoms with van der Waals surface area (Å²) < 4.78 is 0. The molecule has 1 saturated carbocycles. The minimum Gasteiger partial charge on any atom is -0.378 e. The number of hydrogen-bond donors (Lipinski definition) is 2. The van der Waals surface area contributed by atoms with Crippen molar-refractivity contribution >= 4 is 17.5 Å². The fourth-order valence-corrected chi connectivity index (χ4v) is 3.93. The number of aryl methyl sites for hydroxylation is 1. The van der Waals surface area contributed by atoms with E-state index in [2.05, 4.69) is 46.1 Å². The Bertz CT molecular complexity index is 818. The lowest BCUT2D eigenvalue weighted by atomic mass is 9.82. The lowest BCUT2D eigenvalue weighted by Gasteiger charge is -2.32. The molecule has 156 valence electrons. The zero-order chi connectivity index (χ0) is 20.8. The SMILES string of the molecule is Cc1ccc(CCN(CC2CCC(CN)CC2)c2ncc([N+](=O)[O-])c(N)n2)cc1. The molecule has 0 aliphatic heterocycles. The van der Waals surface area contributed by atoms with Crippen LogP contribution < -0.4 is 16.4 Å². The molecule has 1 aliphatic carbocycles. The van der Waals surface area contributed by atoms with Crippen molar-refractivity contribution < 1.29 is 4.92 Å². The molecule has 3 rings (SSSR count).